The van der Waals surface area contributed by atoms with E-state index in [0.29, 0.717) is 6.54 Å². The summed E-state index contributed by atoms with van der Waals surface area (Å²) in [6.07, 6.45) is 2.13. The highest BCUT2D eigenvalue weighted by atomic mass is 16.5. The molecule has 0 spiro atoms. The fourth-order valence-corrected chi connectivity index (χ4v) is 3.25. The number of alkyl carbamates (subject to hydrolysis) is 1. The van der Waals surface area contributed by atoms with Crippen LogP contribution in [0.25, 0.3) is 0 Å². The minimum Gasteiger partial charge on any atom is -0.481 e. The number of hydrogen-bond acceptors (Lipinski definition) is 3. The summed E-state index contributed by atoms with van der Waals surface area (Å²) in [6, 6.07) is 9.45. The van der Waals surface area contributed by atoms with Gasteiger partial charge in [-0.1, -0.05) is 43.7 Å². The summed E-state index contributed by atoms with van der Waals surface area (Å²) in [6.45, 7) is 2.60. The first-order chi connectivity index (χ1) is 10.6. The van der Waals surface area contributed by atoms with Crippen molar-refractivity contribution in [1.29, 1.82) is 0 Å². The molecule has 0 saturated heterocycles. The second-order valence-electron chi connectivity index (χ2n) is 5.81. The maximum absolute atomic E-state index is 11.7. The zero-order valence-electron chi connectivity index (χ0n) is 12.8. The predicted octanol–water partition coefficient (Wildman–Crippen LogP) is 3.05. The van der Waals surface area contributed by atoms with Crippen molar-refractivity contribution in [3.05, 3.63) is 35.9 Å². The first-order valence-corrected chi connectivity index (χ1v) is 7.79. The summed E-state index contributed by atoms with van der Waals surface area (Å²) in [7, 11) is 0. The maximum atomic E-state index is 11.7. The molecular formula is C17H23NO4. The third-order valence-electron chi connectivity index (χ3n) is 4.45. The molecule has 0 heterocycles. The summed E-state index contributed by atoms with van der Waals surface area (Å²) < 4.78 is 5.14. The first-order valence-electron chi connectivity index (χ1n) is 7.79. The van der Waals surface area contributed by atoms with Crippen LogP contribution in [0.4, 0.5) is 4.79 Å². The maximum Gasteiger partial charge on any atom is 0.407 e. The third-order valence-corrected chi connectivity index (χ3v) is 4.45. The average molecular weight is 305 g/mol. The van der Waals surface area contributed by atoms with Gasteiger partial charge in [-0.15, -0.1) is 0 Å². The Hall–Kier alpha value is -2.04. The minimum absolute atomic E-state index is 0.00766. The first kappa shape index (κ1) is 16.3. The van der Waals surface area contributed by atoms with Crippen molar-refractivity contribution in [3.8, 4) is 0 Å². The molecule has 1 aromatic carbocycles. The van der Waals surface area contributed by atoms with Crippen molar-refractivity contribution in [1.82, 2.24) is 5.32 Å². The molecule has 1 aliphatic rings. The molecule has 120 valence electrons. The van der Waals surface area contributed by atoms with Crippen LogP contribution in [0.15, 0.2) is 30.3 Å². The smallest absolute Gasteiger partial charge is 0.407 e. The Balaban J connectivity index is 1.77. The van der Waals surface area contributed by atoms with Crippen LogP contribution in [0.2, 0.25) is 0 Å². The number of carbonyl (C=O) groups is 2. The molecule has 1 aromatic rings. The molecule has 2 rings (SSSR count). The number of hydrogen-bond donors (Lipinski definition) is 2. The van der Waals surface area contributed by atoms with Gasteiger partial charge in [0, 0.05) is 6.54 Å². The fraction of sp³-hybridized carbons (Fsp3) is 0.529. The lowest BCUT2D eigenvalue weighted by Crippen LogP contribution is -2.35. The largest absolute Gasteiger partial charge is 0.481 e. The lowest BCUT2D eigenvalue weighted by atomic mass is 9.88. The quantitative estimate of drug-likeness (QED) is 0.847. The molecular weight excluding hydrogens is 282 g/mol. The van der Waals surface area contributed by atoms with E-state index in [1.54, 1.807) is 0 Å². The molecule has 1 fully saturated rings. The summed E-state index contributed by atoms with van der Waals surface area (Å²) in [4.78, 5) is 23.1. The van der Waals surface area contributed by atoms with Gasteiger partial charge in [0.2, 0.25) is 0 Å². The van der Waals surface area contributed by atoms with Crippen molar-refractivity contribution in [3.63, 3.8) is 0 Å². The highest BCUT2D eigenvalue weighted by molar-refractivity contribution is 5.71. The molecule has 1 aliphatic carbocycles. The topological polar surface area (TPSA) is 75.6 Å². The molecule has 5 heteroatoms. The standard InChI is InChI=1S/C17H23NO4/c1-2-13-8-9-14(15(13)16(19)20)10-18-17(21)22-11-12-6-4-3-5-7-12/h3-7,13-15H,2,8-11H2,1H3,(H,18,21)(H,19,20). The van der Waals surface area contributed by atoms with Gasteiger partial charge in [-0.25, -0.2) is 4.79 Å². The fourth-order valence-electron chi connectivity index (χ4n) is 3.25. The Morgan fingerprint density at radius 1 is 1.23 bits per heavy atom. The van der Waals surface area contributed by atoms with E-state index < -0.39 is 12.1 Å². The van der Waals surface area contributed by atoms with Gasteiger partial charge in [0.15, 0.2) is 0 Å². The number of carbonyl (C=O) groups excluding carboxylic acids is 1. The van der Waals surface area contributed by atoms with Gasteiger partial charge in [0.1, 0.15) is 6.61 Å². The minimum atomic E-state index is -0.756. The Kier molecular flexibility index (Phi) is 5.81. The molecule has 1 amide bonds. The lowest BCUT2D eigenvalue weighted by Gasteiger charge is -2.20. The molecule has 0 radical (unpaired) electrons. The van der Waals surface area contributed by atoms with Gasteiger partial charge >= 0.3 is 12.1 Å². The number of ether oxygens (including phenoxy) is 1. The van der Waals surface area contributed by atoms with Crippen LogP contribution in [-0.4, -0.2) is 23.7 Å². The summed E-state index contributed by atoms with van der Waals surface area (Å²) in [5, 5.41) is 12.1. The third kappa shape index (κ3) is 4.23. The van der Waals surface area contributed by atoms with E-state index in [1.807, 2.05) is 37.3 Å². The highest BCUT2D eigenvalue weighted by Gasteiger charge is 2.39. The van der Waals surface area contributed by atoms with Gasteiger partial charge in [-0.2, -0.15) is 0 Å². The van der Waals surface area contributed by atoms with Crippen LogP contribution < -0.4 is 5.32 Å². The summed E-state index contributed by atoms with van der Waals surface area (Å²) in [5.41, 5.74) is 0.924. The van der Waals surface area contributed by atoms with Gasteiger partial charge in [0.25, 0.3) is 0 Å². The highest BCUT2D eigenvalue weighted by Crippen LogP contribution is 2.38. The van der Waals surface area contributed by atoms with Crippen LogP contribution in [0.1, 0.15) is 31.7 Å². The number of amides is 1. The van der Waals surface area contributed by atoms with E-state index in [0.717, 1.165) is 24.8 Å². The molecule has 3 unspecified atom stereocenters. The van der Waals surface area contributed by atoms with Crippen molar-refractivity contribution in [2.45, 2.75) is 32.8 Å². The van der Waals surface area contributed by atoms with Gasteiger partial charge in [0.05, 0.1) is 5.92 Å². The molecule has 3 atom stereocenters. The van der Waals surface area contributed by atoms with E-state index >= 15 is 0 Å². The van der Waals surface area contributed by atoms with Crippen molar-refractivity contribution in [2.75, 3.05) is 6.54 Å². The molecule has 2 N–H and O–H groups in total. The van der Waals surface area contributed by atoms with Gasteiger partial charge in [-0.05, 0) is 30.2 Å². The van der Waals surface area contributed by atoms with Crippen LogP contribution >= 0.6 is 0 Å². The molecule has 22 heavy (non-hydrogen) atoms. The zero-order valence-corrected chi connectivity index (χ0v) is 12.8. The molecule has 5 nitrogen and oxygen atoms in total. The number of nitrogens with one attached hydrogen (secondary N) is 1. The molecule has 0 aliphatic heterocycles. The van der Waals surface area contributed by atoms with Crippen LogP contribution in [0, 0.1) is 17.8 Å². The summed E-state index contributed by atoms with van der Waals surface area (Å²) >= 11 is 0. The van der Waals surface area contributed by atoms with Crippen LogP contribution in [0.3, 0.4) is 0 Å². The number of carboxylic acids is 1. The molecule has 0 bridgehead atoms. The second-order valence-corrected chi connectivity index (χ2v) is 5.81. The number of carboxylic acid groups (broad SMARTS) is 1. The predicted molar refractivity (Wildman–Crippen MR) is 82.3 cm³/mol. The number of aliphatic carboxylic acids is 1. The van der Waals surface area contributed by atoms with E-state index in [9.17, 15) is 14.7 Å². The Bertz CT molecular complexity index is 503. The normalized spacial score (nSPS) is 24.0. The molecule has 0 aromatic heterocycles. The molecule has 1 saturated carbocycles. The number of rotatable bonds is 6. The SMILES string of the molecule is CCC1CCC(CNC(=O)OCc2ccccc2)C1C(=O)O. The van der Waals surface area contributed by atoms with E-state index in [2.05, 4.69) is 5.32 Å². The van der Waals surface area contributed by atoms with Crippen LogP contribution in [0.5, 0.6) is 0 Å². The van der Waals surface area contributed by atoms with E-state index in [-0.39, 0.29) is 24.4 Å². The van der Waals surface area contributed by atoms with Crippen molar-refractivity contribution >= 4 is 12.1 Å². The Morgan fingerprint density at radius 2 is 1.91 bits per heavy atom. The van der Waals surface area contributed by atoms with Crippen molar-refractivity contribution in [2.24, 2.45) is 17.8 Å². The second kappa shape index (κ2) is 7.82. The zero-order chi connectivity index (χ0) is 15.9. The monoisotopic (exact) mass is 305 g/mol. The van der Waals surface area contributed by atoms with Crippen LogP contribution in [-0.2, 0) is 16.1 Å². The lowest BCUT2D eigenvalue weighted by molar-refractivity contribution is -0.144. The average Bonchev–Trinajstić information content (AvgIpc) is 2.95. The Morgan fingerprint density at radius 3 is 2.55 bits per heavy atom. The van der Waals surface area contributed by atoms with Gasteiger partial charge < -0.3 is 15.2 Å². The van der Waals surface area contributed by atoms with Gasteiger partial charge in [-0.3, -0.25) is 4.79 Å². The Labute approximate surface area is 130 Å². The number of benzene rings is 1. The van der Waals surface area contributed by atoms with E-state index in [4.69, 9.17) is 4.74 Å². The van der Waals surface area contributed by atoms with E-state index in [1.165, 1.54) is 0 Å². The van der Waals surface area contributed by atoms with Crippen molar-refractivity contribution < 1.29 is 19.4 Å². The summed E-state index contributed by atoms with van der Waals surface area (Å²) in [5.74, 6) is -0.912.